The van der Waals surface area contributed by atoms with Crippen molar-refractivity contribution in [3.63, 3.8) is 0 Å². The van der Waals surface area contributed by atoms with Crippen LogP contribution in [0.3, 0.4) is 0 Å². The fourth-order valence-corrected chi connectivity index (χ4v) is 2.67. The Balaban J connectivity index is 1.83. The van der Waals surface area contributed by atoms with Gasteiger partial charge in [-0.15, -0.1) is 15.3 Å². The van der Waals surface area contributed by atoms with Crippen LogP contribution in [0.4, 0.5) is 19.0 Å². The maximum Gasteiger partial charge on any atom is 0.453 e. The van der Waals surface area contributed by atoms with Crippen LogP contribution in [0.5, 0.6) is 0 Å². The molecule has 21 heavy (non-hydrogen) atoms. The van der Waals surface area contributed by atoms with E-state index in [-0.39, 0.29) is 11.1 Å². The normalized spacial score (nSPS) is 17.7. The molecule has 0 atom stereocenters. The lowest BCUT2D eigenvalue weighted by atomic mass is 9.67. The van der Waals surface area contributed by atoms with Crippen LogP contribution in [0.15, 0.2) is 12.1 Å². The van der Waals surface area contributed by atoms with Gasteiger partial charge in [0.1, 0.15) is 5.82 Å². The Morgan fingerprint density at radius 3 is 2.62 bits per heavy atom. The van der Waals surface area contributed by atoms with Crippen molar-refractivity contribution < 1.29 is 13.2 Å². The Hall–Kier alpha value is -1.86. The van der Waals surface area contributed by atoms with E-state index in [1.165, 1.54) is 12.5 Å². The largest absolute Gasteiger partial charge is 0.453 e. The maximum atomic E-state index is 12.8. The van der Waals surface area contributed by atoms with E-state index in [4.69, 9.17) is 0 Å². The van der Waals surface area contributed by atoms with Gasteiger partial charge in [-0.05, 0) is 36.8 Å². The van der Waals surface area contributed by atoms with Gasteiger partial charge in [0.05, 0.1) is 0 Å². The Morgan fingerprint density at radius 1 is 1.29 bits per heavy atom. The van der Waals surface area contributed by atoms with E-state index in [1.54, 1.807) is 6.07 Å². The molecule has 0 unspecified atom stereocenters. The van der Waals surface area contributed by atoms with Gasteiger partial charge < -0.3 is 5.32 Å². The van der Waals surface area contributed by atoms with E-state index in [9.17, 15) is 13.2 Å². The number of alkyl halides is 3. The van der Waals surface area contributed by atoms with Gasteiger partial charge in [0.25, 0.3) is 5.82 Å². The summed E-state index contributed by atoms with van der Waals surface area (Å²) >= 11 is 0. The summed E-state index contributed by atoms with van der Waals surface area (Å²) in [5.41, 5.74) is 0.346. The van der Waals surface area contributed by atoms with E-state index in [2.05, 4.69) is 27.5 Å². The highest BCUT2D eigenvalue weighted by molar-refractivity contribution is 5.44. The van der Waals surface area contributed by atoms with Gasteiger partial charge in [-0.25, -0.2) is 0 Å². The van der Waals surface area contributed by atoms with E-state index >= 15 is 0 Å². The fourth-order valence-electron chi connectivity index (χ4n) is 2.67. The van der Waals surface area contributed by atoms with Crippen LogP contribution in [0.2, 0.25) is 0 Å². The van der Waals surface area contributed by atoms with Gasteiger partial charge in [-0.2, -0.15) is 17.7 Å². The molecule has 1 saturated carbocycles. The molecule has 5 nitrogen and oxygen atoms in total. The summed E-state index contributed by atoms with van der Waals surface area (Å²) in [6.07, 6.45) is 0.0102. The molecule has 8 heteroatoms. The second-order valence-electron chi connectivity index (χ2n) is 5.57. The van der Waals surface area contributed by atoms with Crippen LogP contribution in [-0.4, -0.2) is 26.4 Å². The zero-order valence-electron chi connectivity index (χ0n) is 11.6. The average molecular weight is 299 g/mol. The molecular weight excluding hydrogens is 283 g/mol. The molecule has 0 aromatic carbocycles. The van der Waals surface area contributed by atoms with Crippen LogP contribution in [0.1, 0.15) is 38.4 Å². The second kappa shape index (κ2) is 4.85. The third-order valence-corrected chi connectivity index (χ3v) is 4.33. The number of hydrogen-bond donors (Lipinski definition) is 1. The van der Waals surface area contributed by atoms with Crippen LogP contribution in [0.25, 0.3) is 5.65 Å². The number of halogens is 3. The van der Waals surface area contributed by atoms with E-state index < -0.39 is 12.0 Å². The zero-order chi connectivity index (χ0) is 15.1. The van der Waals surface area contributed by atoms with Crippen LogP contribution in [0, 0.1) is 5.41 Å². The summed E-state index contributed by atoms with van der Waals surface area (Å²) < 4.78 is 39.1. The third-order valence-electron chi connectivity index (χ3n) is 4.33. The van der Waals surface area contributed by atoms with Crippen molar-refractivity contribution in [3.05, 3.63) is 18.0 Å². The number of aromatic nitrogens is 4. The van der Waals surface area contributed by atoms with Gasteiger partial charge in [-0.3, -0.25) is 0 Å². The van der Waals surface area contributed by atoms with Gasteiger partial charge in [0, 0.05) is 6.54 Å². The van der Waals surface area contributed by atoms with Gasteiger partial charge in [-0.1, -0.05) is 13.3 Å². The van der Waals surface area contributed by atoms with Crippen molar-refractivity contribution >= 4 is 11.5 Å². The molecule has 1 fully saturated rings. The van der Waals surface area contributed by atoms with E-state index in [1.807, 2.05) is 0 Å². The predicted octanol–water partition coefficient (Wildman–Crippen LogP) is 3.14. The first kappa shape index (κ1) is 14.1. The van der Waals surface area contributed by atoms with Crippen molar-refractivity contribution in [1.82, 2.24) is 19.8 Å². The van der Waals surface area contributed by atoms with Crippen molar-refractivity contribution in [1.29, 1.82) is 0 Å². The molecule has 2 aromatic rings. The summed E-state index contributed by atoms with van der Waals surface area (Å²) in [4.78, 5) is 0. The second-order valence-corrected chi connectivity index (χ2v) is 5.57. The minimum absolute atomic E-state index is 0.0849. The van der Waals surface area contributed by atoms with Crippen molar-refractivity contribution in [2.75, 3.05) is 11.9 Å². The number of anilines is 1. The highest BCUT2D eigenvalue weighted by Crippen LogP contribution is 2.43. The zero-order valence-corrected chi connectivity index (χ0v) is 11.6. The first-order chi connectivity index (χ1) is 9.93. The van der Waals surface area contributed by atoms with Gasteiger partial charge in [0.2, 0.25) is 0 Å². The lowest BCUT2D eigenvalue weighted by molar-refractivity contribution is -0.146. The Kier molecular flexibility index (Phi) is 3.26. The Bertz CT molecular complexity index is 639. The van der Waals surface area contributed by atoms with Crippen molar-refractivity contribution in [3.8, 4) is 0 Å². The minimum atomic E-state index is -4.57. The number of nitrogens with zero attached hydrogens (tertiary/aromatic N) is 4. The lowest BCUT2D eigenvalue weighted by Crippen LogP contribution is -2.36. The molecule has 0 spiro atoms. The molecule has 1 N–H and O–H groups in total. The molecule has 2 aromatic heterocycles. The molecular formula is C13H16F3N5. The summed E-state index contributed by atoms with van der Waals surface area (Å²) in [6, 6.07) is 3.11. The predicted molar refractivity (Wildman–Crippen MR) is 70.8 cm³/mol. The number of rotatable bonds is 4. The molecule has 3 rings (SSSR count). The molecule has 0 amide bonds. The molecule has 0 radical (unpaired) electrons. The number of fused-ring (bicyclic) bond motifs is 1. The van der Waals surface area contributed by atoms with Crippen molar-refractivity contribution in [2.45, 2.75) is 38.8 Å². The SMILES string of the molecule is CCC1(CNc2ccc3nnc(C(F)(F)F)n3n2)CCC1. The van der Waals surface area contributed by atoms with Crippen LogP contribution >= 0.6 is 0 Å². The third kappa shape index (κ3) is 2.54. The smallest absolute Gasteiger partial charge is 0.368 e. The van der Waals surface area contributed by atoms with E-state index in [0.29, 0.717) is 5.82 Å². The Morgan fingerprint density at radius 2 is 2.05 bits per heavy atom. The first-order valence-electron chi connectivity index (χ1n) is 6.97. The average Bonchev–Trinajstić information content (AvgIpc) is 2.81. The fraction of sp³-hybridized carbons (Fsp3) is 0.615. The summed E-state index contributed by atoms with van der Waals surface area (Å²) in [7, 11) is 0. The molecule has 0 aliphatic heterocycles. The Labute approximate surface area is 119 Å². The summed E-state index contributed by atoms with van der Waals surface area (Å²) in [6.45, 7) is 2.87. The van der Waals surface area contributed by atoms with E-state index in [0.717, 1.165) is 30.3 Å². The number of hydrogen-bond acceptors (Lipinski definition) is 4. The molecule has 0 saturated heterocycles. The van der Waals surface area contributed by atoms with Gasteiger partial charge >= 0.3 is 6.18 Å². The molecule has 1 aliphatic carbocycles. The number of nitrogens with one attached hydrogen (secondary N) is 1. The monoisotopic (exact) mass is 299 g/mol. The summed E-state index contributed by atoms with van der Waals surface area (Å²) in [5.74, 6) is -0.692. The standard InChI is InChI=1S/C13H16F3N5/c1-2-12(6-3-7-12)8-17-9-4-5-10-18-19-11(13(14,15)16)21(10)20-9/h4-5H,2-3,6-8H2,1H3,(H,17,20). The first-order valence-corrected chi connectivity index (χ1v) is 6.97. The van der Waals surface area contributed by atoms with Crippen LogP contribution in [-0.2, 0) is 6.18 Å². The minimum Gasteiger partial charge on any atom is -0.368 e. The van der Waals surface area contributed by atoms with Gasteiger partial charge in [0.15, 0.2) is 5.65 Å². The summed E-state index contributed by atoms with van der Waals surface area (Å²) in [5, 5.41) is 13.7. The topological polar surface area (TPSA) is 55.1 Å². The maximum absolute atomic E-state index is 12.8. The van der Waals surface area contributed by atoms with Crippen LogP contribution < -0.4 is 5.32 Å². The quantitative estimate of drug-likeness (QED) is 0.942. The molecule has 1 aliphatic rings. The van der Waals surface area contributed by atoms with Crippen molar-refractivity contribution in [2.24, 2.45) is 5.41 Å². The lowest BCUT2D eigenvalue weighted by Gasteiger charge is -2.41. The molecule has 114 valence electrons. The highest BCUT2D eigenvalue weighted by Gasteiger charge is 2.38. The molecule has 2 heterocycles. The highest BCUT2D eigenvalue weighted by atomic mass is 19.4. The molecule has 0 bridgehead atoms.